The van der Waals surface area contributed by atoms with Crippen molar-refractivity contribution in [3.05, 3.63) is 72.8 Å². The van der Waals surface area contributed by atoms with E-state index in [1.54, 1.807) is 0 Å². The summed E-state index contributed by atoms with van der Waals surface area (Å²) < 4.78 is 6.43. The van der Waals surface area contributed by atoms with Crippen molar-refractivity contribution in [1.82, 2.24) is 19.9 Å². The fourth-order valence-corrected chi connectivity index (χ4v) is 8.08. The molecule has 2 aliphatic rings. The predicted octanol–water partition coefficient (Wildman–Crippen LogP) is 9.52. The van der Waals surface area contributed by atoms with E-state index < -0.39 is 0 Å². The zero-order valence-electron chi connectivity index (χ0n) is 28.4. The van der Waals surface area contributed by atoms with Crippen molar-refractivity contribution in [2.24, 2.45) is 4.99 Å². The number of anilines is 1. The molecule has 0 aliphatic carbocycles. The predicted molar refractivity (Wildman–Crippen MR) is 187 cm³/mol. The lowest BCUT2D eigenvalue weighted by molar-refractivity contribution is 0.0225. The van der Waals surface area contributed by atoms with E-state index >= 15 is 0 Å². The van der Waals surface area contributed by atoms with Gasteiger partial charge in [0.15, 0.2) is 11.6 Å². The summed E-state index contributed by atoms with van der Waals surface area (Å²) in [6.07, 6.45) is 1.86. The molecule has 2 aliphatic heterocycles. The van der Waals surface area contributed by atoms with Crippen molar-refractivity contribution < 1.29 is 4.42 Å². The minimum Gasteiger partial charge on any atom is -0.455 e. The van der Waals surface area contributed by atoms with Gasteiger partial charge >= 0.3 is 0 Å². The van der Waals surface area contributed by atoms with Gasteiger partial charge in [-0.1, -0.05) is 74.5 Å². The van der Waals surface area contributed by atoms with Crippen LogP contribution in [-0.2, 0) is 0 Å². The standard InChI is InChI=1S/C36H40N6O.C2H6/c1-33(2)21-35(5,6)42-32(40-33)41(34(3,4)22-36(42,7)8)31-38-29(23-15-10-9-11-16-23)37-30(39-31)26-19-14-18-25-24-17-12-13-20-27(24)43-28(25)26;1-2/h9-20H,21-22H2,1-8H3;1-2H3. The first kappa shape index (κ1) is 30.8. The third-order valence-corrected chi connectivity index (χ3v) is 8.85. The molecule has 0 amide bonds. The van der Waals surface area contributed by atoms with Crippen LogP contribution < -0.4 is 4.90 Å². The molecule has 0 atom stereocenters. The van der Waals surface area contributed by atoms with Crippen LogP contribution in [0, 0.1) is 0 Å². The second-order valence-electron chi connectivity index (χ2n) is 14.6. The second-order valence-corrected chi connectivity index (χ2v) is 14.6. The van der Waals surface area contributed by atoms with Gasteiger partial charge in [0.05, 0.1) is 11.1 Å². The summed E-state index contributed by atoms with van der Waals surface area (Å²) >= 11 is 0. The molecule has 0 radical (unpaired) electrons. The quantitative estimate of drug-likeness (QED) is 0.205. The Morgan fingerprint density at radius 1 is 0.622 bits per heavy atom. The minimum atomic E-state index is -0.319. The maximum absolute atomic E-state index is 6.43. The first-order chi connectivity index (χ1) is 21.3. The number of benzene rings is 3. The number of nitrogens with zero attached hydrogens (tertiary/aromatic N) is 6. The molecule has 234 valence electrons. The van der Waals surface area contributed by atoms with Gasteiger partial charge < -0.3 is 9.32 Å². The molecule has 7 heteroatoms. The first-order valence-electron chi connectivity index (χ1n) is 16.2. The van der Waals surface area contributed by atoms with E-state index in [0.29, 0.717) is 17.6 Å². The normalized spacial score (nSPS) is 19.5. The molecule has 0 N–H and O–H groups in total. The smallest absolute Gasteiger partial charge is 0.236 e. The van der Waals surface area contributed by atoms with Crippen LogP contribution in [0.2, 0.25) is 0 Å². The van der Waals surface area contributed by atoms with Gasteiger partial charge in [-0.25, -0.2) is 9.98 Å². The molecular formula is C38H46N6O. The number of furan rings is 1. The van der Waals surface area contributed by atoms with Gasteiger partial charge in [-0.3, -0.25) is 4.90 Å². The molecule has 0 spiro atoms. The summed E-state index contributed by atoms with van der Waals surface area (Å²) in [4.78, 5) is 25.7. The third kappa shape index (κ3) is 5.26. The Morgan fingerprint density at radius 2 is 1.24 bits per heavy atom. The van der Waals surface area contributed by atoms with Crippen LogP contribution in [0.4, 0.5) is 5.95 Å². The van der Waals surface area contributed by atoms with E-state index in [2.05, 4.69) is 83.4 Å². The van der Waals surface area contributed by atoms with Gasteiger partial charge in [0, 0.05) is 33.0 Å². The first-order valence-corrected chi connectivity index (χ1v) is 16.2. The number of fused-ring (bicyclic) bond motifs is 4. The van der Waals surface area contributed by atoms with Gasteiger partial charge in [0.1, 0.15) is 11.2 Å². The molecule has 2 aromatic heterocycles. The summed E-state index contributed by atoms with van der Waals surface area (Å²) in [7, 11) is 0. The van der Waals surface area contributed by atoms with Gasteiger partial charge in [0.2, 0.25) is 11.9 Å². The summed E-state index contributed by atoms with van der Waals surface area (Å²) in [5, 5.41) is 2.12. The Morgan fingerprint density at radius 3 is 1.98 bits per heavy atom. The highest BCUT2D eigenvalue weighted by molar-refractivity contribution is 6.09. The molecular weight excluding hydrogens is 556 g/mol. The largest absolute Gasteiger partial charge is 0.455 e. The maximum Gasteiger partial charge on any atom is 0.236 e. The van der Waals surface area contributed by atoms with Gasteiger partial charge in [-0.15, -0.1) is 0 Å². The summed E-state index contributed by atoms with van der Waals surface area (Å²) in [5.41, 5.74) is 2.61. The molecule has 3 aromatic carbocycles. The molecule has 0 bridgehead atoms. The van der Waals surface area contributed by atoms with Crippen LogP contribution in [0.5, 0.6) is 0 Å². The fourth-order valence-electron chi connectivity index (χ4n) is 8.08. The van der Waals surface area contributed by atoms with Crippen LogP contribution in [0.1, 0.15) is 82.1 Å². The zero-order valence-corrected chi connectivity index (χ0v) is 28.4. The Hall–Kier alpha value is -4.26. The van der Waals surface area contributed by atoms with E-state index in [9.17, 15) is 0 Å². The lowest BCUT2D eigenvalue weighted by Crippen LogP contribution is -2.74. The molecule has 1 fully saturated rings. The van der Waals surface area contributed by atoms with Crippen LogP contribution in [-0.4, -0.2) is 48.0 Å². The second kappa shape index (κ2) is 10.7. The van der Waals surface area contributed by atoms with Crippen molar-refractivity contribution in [2.75, 3.05) is 4.90 Å². The molecule has 45 heavy (non-hydrogen) atoms. The highest BCUT2D eigenvalue weighted by atomic mass is 16.3. The highest BCUT2D eigenvalue weighted by Gasteiger charge is 2.56. The highest BCUT2D eigenvalue weighted by Crippen LogP contribution is 2.48. The van der Waals surface area contributed by atoms with E-state index in [4.69, 9.17) is 24.4 Å². The third-order valence-electron chi connectivity index (χ3n) is 8.85. The van der Waals surface area contributed by atoms with Gasteiger partial charge in [-0.2, -0.15) is 9.97 Å². The van der Waals surface area contributed by atoms with E-state index in [1.165, 1.54) is 0 Å². The van der Waals surface area contributed by atoms with Crippen molar-refractivity contribution in [2.45, 2.75) is 104 Å². The maximum atomic E-state index is 6.43. The lowest BCUT2D eigenvalue weighted by Gasteiger charge is -2.63. The monoisotopic (exact) mass is 602 g/mol. The summed E-state index contributed by atoms with van der Waals surface area (Å²) in [6.45, 7) is 22.3. The molecule has 7 nitrogen and oxygen atoms in total. The Balaban J connectivity index is 0.00000175. The number of para-hydroxylation sites is 2. The minimum absolute atomic E-state index is 0.114. The number of hydrogen-bond donors (Lipinski definition) is 0. The number of hydrogen-bond acceptors (Lipinski definition) is 7. The molecule has 5 aromatic rings. The Labute approximate surface area is 267 Å². The lowest BCUT2D eigenvalue weighted by atomic mass is 9.75. The molecule has 1 saturated heterocycles. The van der Waals surface area contributed by atoms with Crippen LogP contribution in [0.15, 0.2) is 82.2 Å². The Kier molecular flexibility index (Phi) is 7.30. The van der Waals surface area contributed by atoms with E-state index in [-0.39, 0.29) is 22.2 Å². The van der Waals surface area contributed by atoms with Crippen LogP contribution in [0.3, 0.4) is 0 Å². The van der Waals surface area contributed by atoms with Gasteiger partial charge in [-0.05, 0) is 80.4 Å². The van der Waals surface area contributed by atoms with Gasteiger partial charge in [0.25, 0.3) is 0 Å². The summed E-state index contributed by atoms with van der Waals surface area (Å²) in [5.74, 6) is 2.71. The van der Waals surface area contributed by atoms with Crippen LogP contribution >= 0.6 is 0 Å². The average Bonchev–Trinajstić information content (AvgIpc) is 3.35. The molecule has 0 saturated carbocycles. The SMILES string of the molecule is CC.CC1(C)CC(C)(C)N2C(=N1)N(c1nc(-c3ccccc3)nc(-c3cccc4c3oc3ccccc34)n1)C(C)(C)CC2(C)C. The topological polar surface area (TPSA) is 70.7 Å². The molecule has 7 rings (SSSR count). The fraction of sp³-hybridized carbons (Fsp3) is 0.421. The van der Waals surface area contributed by atoms with Crippen molar-refractivity contribution in [1.29, 1.82) is 0 Å². The number of aliphatic imine (C=N–C) groups is 1. The van der Waals surface area contributed by atoms with Crippen LogP contribution in [0.25, 0.3) is 44.7 Å². The number of rotatable bonds is 3. The van der Waals surface area contributed by atoms with Crippen molar-refractivity contribution in [3.63, 3.8) is 0 Å². The van der Waals surface area contributed by atoms with E-state index in [0.717, 1.165) is 51.9 Å². The number of guanidine groups is 1. The summed E-state index contributed by atoms with van der Waals surface area (Å²) in [6, 6.07) is 24.5. The molecule has 4 heterocycles. The van der Waals surface area contributed by atoms with Crippen molar-refractivity contribution >= 4 is 33.8 Å². The zero-order chi connectivity index (χ0) is 32.4. The Bertz CT molecular complexity index is 1900. The average molecular weight is 603 g/mol. The van der Waals surface area contributed by atoms with Crippen molar-refractivity contribution in [3.8, 4) is 22.8 Å². The van der Waals surface area contributed by atoms with E-state index in [1.807, 2.05) is 68.4 Å². The molecule has 0 unspecified atom stereocenters. The number of aromatic nitrogens is 3.